The number of anilines is 1. The minimum absolute atomic E-state index is 0.136. The molecule has 2 heterocycles. The maximum absolute atomic E-state index is 13.4. The highest BCUT2D eigenvalue weighted by Gasteiger charge is 2.24. The minimum atomic E-state index is 0.136. The highest BCUT2D eigenvalue weighted by molar-refractivity contribution is 5.94. The Balaban J connectivity index is 1.45. The van der Waals surface area contributed by atoms with E-state index >= 15 is 0 Å². The molecule has 5 nitrogen and oxygen atoms in total. The zero-order chi connectivity index (χ0) is 26.0. The van der Waals surface area contributed by atoms with Crippen LogP contribution in [-0.2, 0) is 19.3 Å². The van der Waals surface area contributed by atoms with Crippen LogP contribution in [0.3, 0.4) is 0 Å². The number of aromatic nitrogens is 2. The largest absolute Gasteiger partial charge is 0.354 e. The molecule has 5 heteroatoms. The Hall–Kier alpha value is -3.21. The number of nitrogens with zero attached hydrogens (tertiary/aromatic N) is 4. The summed E-state index contributed by atoms with van der Waals surface area (Å²) in [6.07, 6.45) is 8.77. The molecule has 0 saturated carbocycles. The Bertz CT molecular complexity index is 1140. The zero-order valence-electron chi connectivity index (χ0n) is 22.9. The number of carbonyl (C=O) groups excluding carboxylic acids is 1. The van der Waals surface area contributed by atoms with Crippen molar-refractivity contribution in [2.24, 2.45) is 0 Å². The van der Waals surface area contributed by atoms with Gasteiger partial charge in [0.05, 0.1) is 0 Å². The van der Waals surface area contributed by atoms with Gasteiger partial charge in [-0.25, -0.2) is 9.97 Å². The lowest BCUT2D eigenvalue weighted by Gasteiger charge is -2.26. The first kappa shape index (κ1) is 26.8. The highest BCUT2D eigenvalue weighted by Crippen LogP contribution is 2.26. The van der Waals surface area contributed by atoms with Crippen molar-refractivity contribution in [2.75, 3.05) is 31.1 Å². The standard InChI is InChI=1S/C32H42N4O/c1-4-6-7-9-13-26-16-18-28(19-17-26)32(37)36-21-12-20-35(22-23-36)31-29(24-27-14-10-8-11-15-27)30(5-2)33-25(3)34-31/h8,10-11,14-19H,4-7,9,12-13,20-24H2,1-3H3. The summed E-state index contributed by atoms with van der Waals surface area (Å²) in [6.45, 7) is 9.53. The monoisotopic (exact) mass is 498 g/mol. The van der Waals surface area contributed by atoms with Gasteiger partial charge in [0, 0.05) is 49.4 Å². The Kier molecular flexibility index (Phi) is 9.70. The van der Waals surface area contributed by atoms with E-state index in [1.165, 1.54) is 42.4 Å². The molecule has 0 bridgehead atoms. The predicted molar refractivity (Wildman–Crippen MR) is 152 cm³/mol. The third-order valence-electron chi connectivity index (χ3n) is 7.34. The van der Waals surface area contributed by atoms with E-state index in [9.17, 15) is 4.79 Å². The number of hydrogen-bond acceptors (Lipinski definition) is 4. The van der Waals surface area contributed by atoms with Crippen LogP contribution in [0.15, 0.2) is 54.6 Å². The second-order valence-corrected chi connectivity index (χ2v) is 10.2. The maximum atomic E-state index is 13.4. The van der Waals surface area contributed by atoms with E-state index < -0.39 is 0 Å². The van der Waals surface area contributed by atoms with Crippen LogP contribution in [-0.4, -0.2) is 47.0 Å². The molecular weight excluding hydrogens is 456 g/mol. The van der Waals surface area contributed by atoms with Crippen molar-refractivity contribution in [2.45, 2.75) is 72.1 Å². The molecule has 1 aliphatic heterocycles. The number of carbonyl (C=O) groups is 1. The van der Waals surface area contributed by atoms with Crippen LogP contribution >= 0.6 is 0 Å². The molecule has 0 atom stereocenters. The summed E-state index contributed by atoms with van der Waals surface area (Å²) in [4.78, 5) is 27.5. The molecule has 0 N–H and O–H groups in total. The van der Waals surface area contributed by atoms with E-state index in [1.807, 2.05) is 24.0 Å². The molecule has 0 spiro atoms. The van der Waals surface area contributed by atoms with Gasteiger partial charge in [0.25, 0.3) is 5.91 Å². The molecule has 2 aromatic carbocycles. The summed E-state index contributed by atoms with van der Waals surface area (Å²) >= 11 is 0. The Morgan fingerprint density at radius 1 is 0.838 bits per heavy atom. The Labute approximate surface area is 222 Å². The van der Waals surface area contributed by atoms with E-state index in [0.717, 1.165) is 68.2 Å². The van der Waals surface area contributed by atoms with Crippen molar-refractivity contribution < 1.29 is 4.79 Å². The van der Waals surface area contributed by atoms with Gasteiger partial charge in [-0.05, 0) is 55.9 Å². The normalized spacial score (nSPS) is 14.0. The smallest absolute Gasteiger partial charge is 0.253 e. The molecule has 1 fully saturated rings. The van der Waals surface area contributed by atoms with Crippen molar-refractivity contribution in [1.82, 2.24) is 14.9 Å². The summed E-state index contributed by atoms with van der Waals surface area (Å²) in [6, 6.07) is 18.9. The van der Waals surface area contributed by atoms with Crippen LogP contribution in [0.4, 0.5) is 5.82 Å². The lowest BCUT2D eigenvalue weighted by atomic mass is 10.0. The van der Waals surface area contributed by atoms with E-state index in [0.29, 0.717) is 6.54 Å². The molecule has 1 aromatic heterocycles. The fourth-order valence-corrected chi connectivity index (χ4v) is 5.26. The average Bonchev–Trinajstić information content (AvgIpc) is 3.19. The zero-order valence-corrected chi connectivity index (χ0v) is 22.9. The molecule has 0 radical (unpaired) electrons. The van der Waals surface area contributed by atoms with Gasteiger partial charge in [0.2, 0.25) is 0 Å². The molecule has 37 heavy (non-hydrogen) atoms. The van der Waals surface area contributed by atoms with Crippen molar-refractivity contribution in [1.29, 1.82) is 0 Å². The van der Waals surface area contributed by atoms with Gasteiger partial charge in [-0.15, -0.1) is 0 Å². The van der Waals surface area contributed by atoms with Crippen LogP contribution in [0.1, 0.15) is 84.5 Å². The second kappa shape index (κ2) is 13.4. The van der Waals surface area contributed by atoms with E-state index in [1.54, 1.807) is 0 Å². The molecule has 1 saturated heterocycles. The SMILES string of the molecule is CCCCCCc1ccc(C(=O)N2CCCN(c3nc(C)nc(CC)c3Cc3ccccc3)CC2)cc1. The maximum Gasteiger partial charge on any atom is 0.253 e. The minimum Gasteiger partial charge on any atom is -0.354 e. The molecule has 1 aliphatic rings. The summed E-state index contributed by atoms with van der Waals surface area (Å²) in [5, 5.41) is 0. The van der Waals surface area contributed by atoms with Gasteiger partial charge in [0.1, 0.15) is 11.6 Å². The molecule has 1 amide bonds. The number of amides is 1. The summed E-state index contributed by atoms with van der Waals surface area (Å²) in [7, 11) is 0. The van der Waals surface area contributed by atoms with Gasteiger partial charge in [0.15, 0.2) is 0 Å². The quantitative estimate of drug-likeness (QED) is 0.303. The first-order chi connectivity index (χ1) is 18.1. The number of aryl methyl sites for hydroxylation is 3. The number of rotatable bonds is 10. The predicted octanol–water partition coefficient (Wildman–Crippen LogP) is 6.41. The van der Waals surface area contributed by atoms with Gasteiger partial charge < -0.3 is 9.80 Å². The first-order valence-corrected chi connectivity index (χ1v) is 14.1. The van der Waals surface area contributed by atoms with Crippen LogP contribution in [0.25, 0.3) is 0 Å². The molecular formula is C32H42N4O. The van der Waals surface area contributed by atoms with E-state index in [-0.39, 0.29) is 5.91 Å². The van der Waals surface area contributed by atoms with Gasteiger partial charge >= 0.3 is 0 Å². The fourth-order valence-electron chi connectivity index (χ4n) is 5.26. The van der Waals surface area contributed by atoms with E-state index in [2.05, 4.69) is 61.2 Å². The second-order valence-electron chi connectivity index (χ2n) is 10.2. The summed E-state index contributed by atoms with van der Waals surface area (Å²) in [5.41, 5.74) is 5.73. The first-order valence-electron chi connectivity index (χ1n) is 14.1. The van der Waals surface area contributed by atoms with Gasteiger partial charge in [-0.3, -0.25) is 4.79 Å². The van der Waals surface area contributed by atoms with Crippen molar-refractivity contribution in [3.8, 4) is 0 Å². The number of hydrogen-bond donors (Lipinski definition) is 0. The van der Waals surface area contributed by atoms with Crippen molar-refractivity contribution >= 4 is 11.7 Å². The summed E-state index contributed by atoms with van der Waals surface area (Å²) in [5.74, 6) is 1.99. The number of benzene rings is 2. The fraction of sp³-hybridized carbons (Fsp3) is 0.469. The van der Waals surface area contributed by atoms with Gasteiger partial charge in [-0.1, -0.05) is 75.6 Å². The topological polar surface area (TPSA) is 49.3 Å². The van der Waals surface area contributed by atoms with Crippen molar-refractivity contribution in [3.63, 3.8) is 0 Å². The lowest BCUT2D eigenvalue weighted by molar-refractivity contribution is 0.0767. The van der Waals surface area contributed by atoms with Gasteiger partial charge in [-0.2, -0.15) is 0 Å². The third-order valence-corrected chi connectivity index (χ3v) is 7.34. The van der Waals surface area contributed by atoms with Crippen molar-refractivity contribution in [3.05, 3.63) is 88.4 Å². The lowest BCUT2D eigenvalue weighted by Crippen LogP contribution is -2.35. The number of unbranched alkanes of at least 4 members (excludes halogenated alkanes) is 3. The molecule has 0 aliphatic carbocycles. The Morgan fingerprint density at radius 3 is 2.35 bits per heavy atom. The summed E-state index contributed by atoms with van der Waals surface area (Å²) < 4.78 is 0. The van der Waals surface area contributed by atoms with Crippen LogP contribution in [0, 0.1) is 6.92 Å². The van der Waals surface area contributed by atoms with E-state index in [4.69, 9.17) is 9.97 Å². The van der Waals surface area contributed by atoms with Crippen LogP contribution in [0.5, 0.6) is 0 Å². The third kappa shape index (κ3) is 7.18. The average molecular weight is 499 g/mol. The van der Waals surface area contributed by atoms with Crippen LogP contribution < -0.4 is 4.90 Å². The molecule has 196 valence electrons. The molecule has 3 aromatic rings. The Morgan fingerprint density at radius 2 is 1.62 bits per heavy atom. The molecule has 0 unspecified atom stereocenters. The molecule has 4 rings (SSSR count). The highest BCUT2D eigenvalue weighted by atomic mass is 16.2. The van der Waals surface area contributed by atoms with Crippen LogP contribution in [0.2, 0.25) is 0 Å².